The van der Waals surface area contributed by atoms with E-state index in [4.69, 9.17) is 11.6 Å². The third kappa shape index (κ3) is 1.89. The van der Waals surface area contributed by atoms with Crippen molar-refractivity contribution in [1.29, 1.82) is 0 Å². The van der Waals surface area contributed by atoms with Crippen LogP contribution in [0.3, 0.4) is 0 Å². The maximum atomic E-state index is 11.0. The summed E-state index contributed by atoms with van der Waals surface area (Å²) in [5, 5.41) is 6.95. The number of nitrogens with zero attached hydrogens (tertiary/aromatic N) is 3. The van der Waals surface area contributed by atoms with Gasteiger partial charge in [0.25, 0.3) is 5.24 Å². The molecule has 1 aromatic heterocycles. The molecule has 0 aliphatic heterocycles. The number of carbonyl (C=O) groups excluding carboxylic acids is 1. The van der Waals surface area contributed by atoms with Gasteiger partial charge in [-0.15, -0.1) is 10.2 Å². The lowest BCUT2D eigenvalue weighted by Gasteiger charge is -2.06. The summed E-state index contributed by atoms with van der Waals surface area (Å²) in [7, 11) is 0. The number of hydrogen-bond donors (Lipinski definition) is 0. The van der Waals surface area contributed by atoms with E-state index in [1.807, 2.05) is 13.0 Å². The third-order valence-electron chi connectivity index (χ3n) is 2.13. The van der Waals surface area contributed by atoms with Crippen LogP contribution >= 0.6 is 11.6 Å². The molecule has 0 N–H and O–H groups in total. The molecule has 0 atom stereocenters. The molecule has 0 saturated carbocycles. The van der Waals surface area contributed by atoms with Crippen LogP contribution in [0.2, 0.25) is 0 Å². The van der Waals surface area contributed by atoms with Gasteiger partial charge in [-0.3, -0.25) is 9.36 Å². The van der Waals surface area contributed by atoms with Crippen molar-refractivity contribution in [2.75, 3.05) is 0 Å². The molecular formula is C10H8ClN3O. The Bertz CT molecular complexity index is 493. The van der Waals surface area contributed by atoms with Crippen LogP contribution in [0.1, 0.15) is 15.9 Å². The lowest BCUT2D eigenvalue weighted by atomic mass is 10.1. The monoisotopic (exact) mass is 221 g/mol. The van der Waals surface area contributed by atoms with Crippen molar-refractivity contribution in [2.24, 2.45) is 0 Å². The standard InChI is InChI=1S/C10H8ClN3O/c1-7-2-3-8(10(11)15)4-9(7)14-5-12-13-6-14/h2-6H,1H3. The van der Waals surface area contributed by atoms with E-state index in [9.17, 15) is 4.79 Å². The van der Waals surface area contributed by atoms with Gasteiger partial charge in [-0.2, -0.15) is 0 Å². The molecule has 5 heteroatoms. The van der Waals surface area contributed by atoms with Gasteiger partial charge in [0.2, 0.25) is 0 Å². The smallest absolute Gasteiger partial charge is 0.252 e. The van der Waals surface area contributed by atoms with Crippen LogP contribution < -0.4 is 0 Å². The van der Waals surface area contributed by atoms with E-state index in [-0.39, 0.29) is 0 Å². The quantitative estimate of drug-likeness (QED) is 0.729. The fourth-order valence-electron chi connectivity index (χ4n) is 1.33. The molecule has 0 fully saturated rings. The van der Waals surface area contributed by atoms with Gasteiger partial charge in [0.1, 0.15) is 12.7 Å². The lowest BCUT2D eigenvalue weighted by Crippen LogP contribution is -1.97. The van der Waals surface area contributed by atoms with E-state index in [0.29, 0.717) is 5.56 Å². The normalized spacial score (nSPS) is 10.3. The molecule has 15 heavy (non-hydrogen) atoms. The molecule has 0 amide bonds. The van der Waals surface area contributed by atoms with E-state index >= 15 is 0 Å². The van der Waals surface area contributed by atoms with Crippen molar-refractivity contribution in [1.82, 2.24) is 14.8 Å². The highest BCUT2D eigenvalue weighted by atomic mass is 35.5. The minimum absolute atomic E-state index is 0.464. The second-order valence-electron chi connectivity index (χ2n) is 3.14. The summed E-state index contributed by atoms with van der Waals surface area (Å²) in [6.45, 7) is 1.94. The molecule has 2 aromatic rings. The predicted octanol–water partition coefficient (Wildman–Crippen LogP) is 1.95. The van der Waals surface area contributed by atoms with Crippen LogP contribution in [-0.4, -0.2) is 20.0 Å². The molecule has 0 aliphatic carbocycles. The number of hydrogen-bond acceptors (Lipinski definition) is 3. The largest absolute Gasteiger partial charge is 0.288 e. The first-order valence-corrected chi connectivity index (χ1v) is 4.72. The summed E-state index contributed by atoms with van der Waals surface area (Å²) in [4.78, 5) is 11.0. The molecule has 0 spiro atoms. The second-order valence-corrected chi connectivity index (χ2v) is 3.49. The Labute approximate surface area is 91.5 Å². The minimum atomic E-state index is -0.468. The average Bonchev–Trinajstić information content (AvgIpc) is 2.71. The summed E-state index contributed by atoms with van der Waals surface area (Å²) in [6, 6.07) is 5.25. The van der Waals surface area contributed by atoms with Crippen LogP contribution in [0.4, 0.5) is 0 Å². The first-order valence-electron chi connectivity index (χ1n) is 4.34. The van der Waals surface area contributed by atoms with Gasteiger partial charge in [-0.1, -0.05) is 6.07 Å². The summed E-state index contributed by atoms with van der Waals surface area (Å²) >= 11 is 5.41. The van der Waals surface area contributed by atoms with Crippen LogP contribution in [-0.2, 0) is 0 Å². The lowest BCUT2D eigenvalue weighted by molar-refractivity contribution is 0.108. The number of carbonyl (C=O) groups is 1. The fraction of sp³-hybridized carbons (Fsp3) is 0.100. The maximum absolute atomic E-state index is 11.0. The zero-order valence-electron chi connectivity index (χ0n) is 8.01. The molecule has 1 aromatic carbocycles. The maximum Gasteiger partial charge on any atom is 0.252 e. The fourth-order valence-corrected chi connectivity index (χ4v) is 1.45. The molecule has 0 aliphatic rings. The molecule has 0 saturated heterocycles. The molecule has 0 unspecified atom stereocenters. The Hall–Kier alpha value is -1.68. The Morgan fingerprint density at radius 1 is 1.33 bits per heavy atom. The van der Waals surface area contributed by atoms with Crippen LogP contribution in [0.15, 0.2) is 30.9 Å². The summed E-state index contributed by atoms with van der Waals surface area (Å²) in [5.74, 6) is 0. The molecule has 1 heterocycles. The highest BCUT2D eigenvalue weighted by molar-refractivity contribution is 6.67. The van der Waals surface area contributed by atoms with Gasteiger partial charge < -0.3 is 0 Å². The van der Waals surface area contributed by atoms with Gasteiger partial charge in [0, 0.05) is 5.56 Å². The van der Waals surface area contributed by atoms with Crippen molar-refractivity contribution in [3.05, 3.63) is 42.0 Å². The molecule has 2 rings (SSSR count). The number of rotatable bonds is 2. The number of aryl methyl sites for hydroxylation is 1. The van der Waals surface area contributed by atoms with Crippen LogP contribution in [0, 0.1) is 6.92 Å². The Morgan fingerprint density at radius 3 is 2.60 bits per heavy atom. The van der Waals surface area contributed by atoms with Crippen molar-refractivity contribution < 1.29 is 4.79 Å². The predicted molar refractivity (Wildman–Crippen MR) is 56.3 cm³/mol. The van der Waals surface area contributed by atoms with Gasteiger partial charge in [0.05, 0.1) is 5.69 Å². The van der Waals surface area contributed by atoms with E-state index < -0.39 is 5.24 Å². The Balaban J connectivity index is 2.55. The van der Waals surface area contributed by atoms with Crippen LogP contribution in [0.25, 0.3) is 5.69 Å². The zero-order valence-corrected chi connectivity index (χ0v) is 8.77. The van der Waals surface area contributed by atoms with Crippen molar-refractivity contribution >= 4 is 16.8 Å². The number of halogens is 1. The minimum Gasteiger partial charge on any atom is -0.288 e. The van der Waals surface area contributed by atoms with Gasteiger partial charge in [0.15, 0.2) is 0 Å². The van der Waals surface area contributed by atoms with Gasteiger partial charge in [-0.05, 0) is 36.2 Å². The van der Waals surface area contributed by atoms with Crippen LogP contribution in [0.5, 0.6) is 0 Å². The van der Waals surface area contributed by atoms with E-state index in [1.165, 1.54) is 0 Å². The van der Waals surface area contributed by atoms with Gasteiger partial charge >= 0.3 is 0 Å². The van der Waals surface area contributed by atoms with E-state index in [0.717, 1.165) is 11.3 Å². The Kier molecular flexibility index (Phi) is 2.51. The third-order valence-corrected chi connectivity index (χ3v) is 2.35. The first-order chi connectivity index (χ1) is 7.18. The SMILES string of the molecule is Cc1ccc(C(=O)Cl)cc1-n1cnnc1. The molecule has 0 radical (unpaired) electrons. The van der Waals surface area contributed by atoms with Crippen molar-refractivity contribution in [2.45, 2.75) is 6.92 Å². The summed E-state index contributed by atoms with van der Waals surface area (Å²) in [5.41, 5.74) is 2.34. The molecule has 4 nitrogen and oxygen atoms in total. The molecular weight excluding hydrogens is 214 g/mol. The van der Waals surface area contributed by atoms with Crippen molar-refractivity contribution in [3.63, 3.8) is 0 Å². The highest BCUT2D eigenvalue weighted by Crippen LogP contribution is 2.16. The molecule has 0 bridgehead atoms. The average molecular weight is 222 g/mol. The Morgan fingerprint density at radius 2 is 2.00 bits per heavy atom. The molecule has 76 valence electrons. The van der Waals surface area contributed by atoms with Gasteiger partial charge in [-0.25, -0.2) is 0 Å². The summed E-state index contributed by atoms with van der Waals surface area (Å²) in [6.07, 6.45) is 3.15. The summed E-state index contributed by atoms with van der Waals surface area (Å²) < 4.78 is 1.73. The van der Waals surface area contributed by atoms with E-state index in [1.54, 1.807) is 29.4 Å². The number of benzene rings is 1. The first kappa shape index (κ1) is 9.86. The second kappa shape index (κ2) is 3.82. The van der Waals surface area contributed by atoms with E-state index in [2.05, 4.69) is 10.2 Å². The zero-order chi connectivity index (χ0) is 10.8. The van der Waals surface area contributed by atoms with Crippen molar-refractivity contribution in [3.8, 4) is 5.69 Å². The highest BCUT2D eigenvalue weighted by Gasteiger charge is 2.06. The topological polar surface area (TPSA) is 47.8 Å². The number of aromatic nitrogens is 3.